The smallest absolute Gasteiger partial charge is 0.279 e. The van der Waals surface area contributed by atoms with Crippen molar-refractivity contribution in [1.82, 2.24) is 4.98 Å². The molecule has 0 aliphatic carbocycles. The summed E-state index contributed by atoms with van der Waals surface area (Å²) in [4.78, 5) is 17.5. The van der Waals surface area contributed by atoms with Gasteiger partial charge in [0, 0.05) is 10.3 Å². The molecule has 1 amide bonds. The Labute approximate surface area is 100 Å². The Morgan fingerprint density at radius 3 is 2.88 bits per heavy atom. The lowest BCUT2D eigenvalue weighted by Crippen LogP contribution is -1.93. The van der Waals surface area contributed by atoms with Gasteiger partial charge in [0.05, 0.1) is 0 Å². The number of carbonyl (C=O) groups excluding carboxylic acids is 1. The fourth-order valence-corrected chi connectivity index (χ4v) is 1.74. The number of thiazole rings is 1. The van der Waals surface area contributed by atoms with Gasteiger partial charge in [-0.15, -0.1) is 0 Å². The predicted octanol–water partition coefficient (Wildman–Crippen LogP) is 3.39. The number of carbonyl (C=O) groups is 1. The van der Waals surface area contributed by atoms with Crippen molar-refractivity contribution in [1.29, 1.82) is 0 Å². The Hall–Kier alpha value is -2.37. The molecule has 7 heteroatoms. The highest BCUT2D eigenvalue weighted by Gasteiger charge is 2.09. The quantitative estimate of drug-likeness (QED) is 0.472. The molecule has 0 aliphatic heterocycles. The van der Waals surface area contributed by atoms with Crippen molar-refractivity contribution < 1.29 is 9.53 Å². The number of nitrogens with zero attached hydrogens (tertiary/aromatic N) is 4. The van der Waals surface area contributed by atoms with Crippen molar-refractivity contribution in [3.63, 3.8) is 0 Å². The van der Waals surface area contributed by atoms with Crippen LogP contribution in [0.1, 0.15) is 10.5 Å². The molecule has 0 saturated carbocycles. The fraction of sp³-hybridized carbons (Fsp3) is 0. The van der Waals surface area contributed by atoms with Crippen LogP contribution < -0.4 is 4.74 Å². The predicted molar refractivity (Wildman–Crippen MR) is 62.1 cm³/mol. The summed E-state index contributed by atoms with van der Waals surface area (Å²) in [5, 5.41) is 4.75. The molecule has 6 nitrogen and oxygen atoms in total. The number of amides is 1. The van der Waals surface area contributed by atoms with Gasteiger partial charge in [0.1, 0.15) is 11.4 Å². The summed E-state index contributed by atoms with van der Waals surface area (Å²) in [5.41, 5.74) is 8.20. The van der Waals surface area contributed by atoms with E-state index in [0.29, 0.717) is 10.9 Å². The molecule has 0 radical (unpaired) electrons. The second-order valence-corrected chi connectivity index (χ2v) is 3.73. The van der Waals surface area contributed by atoms with E-state index in [0.717, 1.165) is 11.3 Å². The minimum Gasteiger partial charge on any atom is -0.431 e. The lowest BCUT2D eigenvalue weighted by atomic mass is 10.3. The van der Waals surface area contributed by atoms with Crippen LogP contribution in [0.25, 0.3) is 10.4 Å². The Kier molecular flexibility index (Phi) is 3.34. The average Bonchev–Trinajstić information content (AvgIpc) is 2.79. The SMILES string of the molecule is [N-]=[N+]=NC(=O)c1csc(Oc2ccccc2)n1. The van der Waals surface area contributed by atoms with Crippen molar-refractivity contribution in [2.45, 2.75) is 0 Å². The third-order valence-electron chi connectivity index (χ3n) is 1.79. The van der Waals surface area contributed by atoms with Crippen molar-refractivity contribution in [3.05, 3.63) is 51.8 Å². The zero-order valence-corrected chi connectivity index (χ0v) is 9.29. The molecule has 0 spiro atoms. The van der Waals surface area contributed by atoms with Gasteiger partial charge in [0.25, 0.3) is 11.1 Å². The van der Waals surface area contributed by atoms with E-state index in [2.05, 4.69) is 15.0 Å². The van der Waals surface area contributed by atoms with E-state index in [1.165, 1.54) is 5.38 Å². The topological polar surface area (TPSA) is 88.0 Å². The van der Waals surface area contributed by atoms with Gasteiger partial charge in [-0.3, -0.25) is 4.79 Å². The van der Waals surface area contributed by atoms with Gasteiger partial charge in [0.2, 0.25) is 0 Å². The van der Waals surface area contributed by atoms with Gasteiger partial charge in [-0.05, 0) is 22.8 Å². The maximum absolute atomic E-state index is 11.2. The van der Waals surface area contributed by atoms with E-state index in [4.69, 9.17) is 10.3 Å². The monoisotopic (exact) mass is 246 g/mol. The van der Waals surface area contributed by atoms with Crippen LogP contribution in [-0.4, -0.2) is 10.9 Å². The average molecular weight is 246 g/mol. The highest BCUT2D eigenvalue weighted by Crippen LogP contribution is 2.25. The van der Waals surface area contributed by atoms with Crippen molar-refractivity contribution in [2.24, 2.45) is 5.11 Å². The molecule has 0 N–H and O–H groups in total. The van der Waals surface area contributed by atoms with Gasteiger partial charge < -0.3 is 4.74 Å². The Bertz CT molecular complexity index is 575. The van der Waals surface area contributed by atoms with Crippen LogP contribution >= 0.6 is 11.3 Å². The molecule has 1 heterocycles. The van der Waals surface area contributed by atoms with Crippen LogP contribution in [-0.2, 0) is 0 Å². The lowest BCUT2D eigenvalue weighted by Gasteiger charge is -1.99. The van der Waals surface area contributed by atoms with E-state index in [9.17, 15) is 4.79 Å². The molecule has 0 atom stereocenters. The first-order chi connectivity index (χ1) is 8.29. The van der Waals surface area contributed by atoms with Crippen LogP contribution in [0, 0.1) is 0 Å². The minimum atomic E-state index is -0.716. The molecule has 0 fully saturated rings. The van der Waals surface area contributed by atoms with Gasteiger partial charge in [-0.25, -0.2) is 0 Å². The summed E-state index contributed by atoms with van der Waals surface area (Å²) < 4.78 is 5.41. The van der Waals surface area contributed by atoms with Gasteiger partial charge in [0.15, 0.2) is 0 Å². The number of para-hydroxylation sites is 1. The lowest BCUT2D eigenvalue weighted by molar-refractivity contribution is 0.0996. The zero-order chi connectivity index (χ0) is 12.1. The molecule has 0 saturated heterocycles. The number of aromatic nitrogens is 1. The molecule has 0 bridgehead atoms. The molecule has 2 aromatic rings. The van der Waals surface area contributed by atoms with Crippen LogP contribution in [0.3, 0.4) is 0 Å². The Morgan fingerprint density at radius 2 is 2.18 bits per heavy atom. The third kappa shape index (κ3) is 2.81. The maximum Gasteiger partial charge on any atom is 0.279 e. The summed E-state index contributed by atoms with van der Waals surface area (Å²) in [6, 6.07) is 9.07. The molecule has 17 heavy (non-hydrogen) atoms. The van der Waals surface area contributed by atoms with Crippen LogP contribution in [0.5, 0.6) is 10.9 Å². The number of hydrogen-bond acceptors (Lipinski definition) is 4. The maximum atomic E-state index is 11.2. The van der Waals surface area contributed by atoms with Crippen molar-refractivity contribution in [3.8, 4) is 10.9 Å². The van der Waals surface area contributed by atoms with Crippen molar-refractivity contribution in [2.75, 3.05) is 0 Å². The van der Waals surface area contributed by atoms with Gasteiger partial charge in [-0.1, -0.05) is 29.5 Å². The summed E-state index contributed by atoms with van der Waals surface area (Å²) in [7, 11) is 0. The second-order valence-electron chi connectivity index (χ2n) is 2.91. The number of hydrogen-bond donors (Lipinski definition) is 0. The molecule has 84 valence electrons. The first kappa shape index (κ1) is 11.1. The highest BCUT2D eigenvalue weighted by atomic mass is 32.1. The summed E-state index contributed by atoms with van der Waals surface area (Å²) in [6.07, 6.45) is 0. The Balaban J connectivity index is 2.14. The van der Waals surface area contributed by atoms with Crippen LogP contribution in [0.15, 0.2) is 40.8 Å². The molecule has 2 rings (SSSR count). The Morgan fingerprint density at radius 1 is 1.41 bits per heavy atom. The molecule has 1 aromatic heterocycles. The van der Waals surface area contributed by atoms with E-state index in [1.807, 2.05) is 18.2 Å². The summed E-state index contributed by atoms with van der Waals surface area (Å²) in [6.45, 7) is 0. The summed E-state index contributed by atoms with van der Waals surface area (Å²) >= 11 is 1.16. The number of benzene rings is 1. The third-order valence-corrected chi connectivity index (χ3v) is 2.50. The van der Waals surface area contributed by atoms with Crippen LogP contribution in [0.2, 0.25) is 0 Å². The largest absolute Gasteiger partial charge is 0.431 e. The fourth-order valence-electron chi connectivity index (χ4n) is 1.08. The molecule has 0 unspecified atom stereocenters. The normalized spacial score (nSPS) is 9.41. The first-order valence-electron chi connectivity index (χ1n) is 4.57. The summed E-state index contributed by atoms with van der Waals surface area (Å²) in [5.74, 6) is -0.0868. The molecule has 0 aliphatic rings. The van der Waals surface area contributed by atoms with Crippen molar-refractivity contribution >= 4 is 17.2 Å². The molecular weight excluding hydrogens is 240 g/mol. The highest BCUT2D eigenvalue weighted by molar-refractivity contribution is 7.11. The van der Waals surface area contributed by atoms with E-state index in [-0.39, 0.29) is 5.69 Å². The van der Waals surface area contributed by atoms with Gasteiger partial charge in [-0.2, -0.15) is 4.98 Å². The standard InChI is InChI=1S/C10H6N4O2S/c11-14-13-9(15)8-6-17-10(12-8)16-7-4-2-1-3-5-7/h1-6H. The number of azide groups is 1. The van der Waals surface area contributed by atoms with E-state index in [1.54, 1.807) is 12.1 Å². The van der Waals surface area contributed by atoms with Crippen LogP contribution in [0.4, 0.5) is 0 Å². The van der Waals surface area contributed by atoms with Gasteiger partial charge >= 0.3 is 0 Å². The number of rotatable bonds is 3. The number of ether oxygens (including phenoxy) is 1. The van der Waals surface area contributed by atoms with E-state index < -0.39 is 5.91 Å². The minimum absolute atomic E-state index is 0.0822. The van der Waals surface area contributed by atoms with E-state index >= 15 is 0 Å². The second kappa shape index (κ2) is 5.11. The zero-order valence-electron chi connectivity index (χ0n) is 8.48. The first-order valence-corrected chi connectivity index (χ1v) is 5.45. The molecular formula is C10H6N4O2S. The molecule has 1 aromatic carbocycles.